The van der Waals surface area contributed by atoms with Gasteiger partial charge in [-0.05, 0) is 66.7 Å². The number of hydrogen-bond acceptors (Lipinski definition) is 4. The van der Waals surface area contributed by atoms with Gasteiger partial charge in [-0.2, -0.15) is 0 Å². The van der Waals surface area contributed by atoms with Crippen molar-refractivity contribution in [3.8, 4) is 0 Å². The predicted molar refractivity (Wildman–Crippen MR) is 117 cm³/mol. The highest BCUT2D eigenvalue weighted by Gasteiger charge is 2.12. The van der Waals surface area contributed by atoms with E-state index in [1.165, 1.54) is 19.2 Å². The van der Waals surface area contributed by atoms with Gasteiger partial charge in [-0.1, -0.05) is 23.2 Å². The maximum atomic E-state index is 12.4. The van der Waals surface area contributed by atoms with Crippen molar-refractivity contribution in [2.45, 2.75) is 0 Å². The zero-order chi connectivity index (χ0) is 21.7. The molecule has 3 aromatic rings. The summed E-state index contributed by atoms with van der Waals surface area (Å²) in [5.41, 5.74) is 2.11. The van der Waals surface area contributed by atoms with Crippen molar-refractivity contribution in [2.24, 2.45) is 0 Å². The molecule has 6 nitrogen and oxygen atoms in total. The first-order valence-electron chi connectivity index (χ1n) is 8.73. The summed E-state index contributed by atoms with van der Waals surface area (Å²) in [4.78, 5) is 36.2. The van der Waals surface area contributed by atoms with E-state index in [-0.39, 0.29) is 16.8 Å². The Morgan fingerprint density at radius 2 is 1.27 bits per heavy atom. The number of carbonyl (C=O) groups excluding carboxylic acids is 3. The van der Waals surface area contributed by atoms with Crippen LogP contribution in [-0.4, -0.2) is 24.9 Å². The van der Waals surface area contributed by atoms with Gasteiger partial charge in [-0.25, -0.2) is 4.79 Å². The minimum atomic E-state index is -0.453. The molecule has 0 unspecified atom stereocenters. The molecule has 3 rings (SSSR count). The predicted octanol–water partition coefficient (Wildman–Crippen LogP) is 5.28. The molecule has 0 saturated heterocycles. The minimum Gasteiger partial charge on any atom is -0.465 e. The number of nitrogens with one attached hydrogen (secondary N) is 2. The van der Waals surface area contributed by atoms with Crippen LogP contribution in [-0.2, 0) is 4.74 Å². The lowest BCUT2D eigenvalue weighted by Crippen LogP contribution is -2.14. The molecule has 0 spiro atoms. The van der Waals surface area contributed by atoms with Gasteiger partial charge in [0.25, 0.3) is 11.8 Å². The van der Waals surface area contributed by atoms with Gasteiger partial charge >= 0.3 is 5.97 Å². The van der Waals surface area contributed by atoms with E-state index in [0.717, 1.165) is 0 Å². The molecule has 0 aromatic heterocycles. The highest BCUT2D eigenvalue weighted by Crippen LogP contribution is 2.22. The van der Waals surface area contributed by atoms with Gasteiger partial charge in [-0.3, -0.25) is 9.59 Å². The summed E-state index contributed by atoms with van der Waals surface area (Å²) in [6.45, 7) is 0. The fraction of sp³-hybridized carbons (Fsp3) is 0.0455. The van der Waals surface area contributed by atoms with Gasteiger partial charge in [0.2, 0.25) is 0 Å². The van der Waals surface area contributed by atoms with Crippen molar-refractivity contribution in [2.75, 3.05) is 17.7 Å². The molecule has 0 bridgehead atoms. The highest BCUT2D eigenvalue weighted by molar-refractivity contribution is 6.37. The second-order valence-electron chi connectivity index (χ2n) is 6.18. The van der Waals surface area contributed by atoms with Crippen LogP contribution < -0.4 is 10.6 Å². The first-order valence-corrected chi connectivity index (χ1v) is 9.49. The topological polar surface area (TPSA) is 84.5 Å². The molecule has 0 aliphatic carbocycles. The van der Waals surface area contributed by atoms with E-state index in [1.54, 1.807) is 54.6 Å². The van der Waals surface area contributed by atoms with E-state index in [0.29, 0.717) is 33.1 Å². The SMILES string of the molecule is COC(=O)c1ccc(NC(=O)c2ccc(NC(=O)c3ccc(Cl)cc3Cl)cc2)cc1. The van der Waals surface area contributed by atoms with E-state index in [1.807, 2.05) is 0 Å². The van der Waals surface area contributed by atoms with E-state index in [4.69, 9.17) is 23.2 Å². The molecule has 30 heavy (non-hydrogen) atoms. The Morgan fingerprint density at radius 1 is 0.733 bits per heavy atom. The van der Waals surface area contributed by atoms with Crippen LogP contribution in [0.3, 0.4) is 0 Å². The summed E-state index contributed by atoms with van der Waals surface area (Å²) in [6, 6.07) is 17.3. The van der Waals surface area contributed by atoms with E-state index < -0.39 is 5.97 Å². The lowest BCUT2D eigenvalue weighted by Gasteiger charge is -2.09. The molecule has 8 heteroatoms. The molecule has 0 aliphatic heterocycles. The number of benzene rings is 3. The molecule has 152 valence electrons. The fourth-order valence-corrected chi connectivity index (χ4v) is 3.08. The third-order valence-corrected chi connectivity index (χ3v) is 4.69. The zero-order valence-electron chi connectivity index (χ0n) is 15.7. The van der Waals surface area contributed by atoms with Crippen molar-refractivity contribution >= 4 is 52.4 Å². The molecule has 3 aromatic carbocycles. The molecule has 2 N–H and O–H groups in total. The molecular formula is C22H16Cl2N2O4. The Balaban J connectivity index is 1.64. The standard InChI is InChI=1S/C22H16Cl2N2O4/c1-30-22(29)14-4-9-16(10-5-14)25-20(27)13-2-7-17(8-3-13)26-21(28)18-11-6-15(23)12-19(18)24/h2-12H,1H3,(H,25,27)(H,26,28). The largest absolute Gasteiger partial charge is 0.465 e. The maximum Gasteiger partial charge on any atom is 0.337 e. The van der Waals surface area contributed by atoms with Crippen LogP contribution in [0.25, 0.3) is 0 Å². The van der Waals surface area contributed by atoms with Gasteiger partial charge in [-0.15, -0.1) is 0 Å². The summed E-state index contributed by atoms with van der Waals surface area (Å²) in [5, 5.41) is 6.13. The zero-order valence-corrected chi connectivity index (χ0v) is 17.3. The highest BCUT2D eigenvalue weighted by atomic mass is 35.5. The van der Waals surface area contributed by atoms with Crippen molar-refractivity contribution in [3.63, 3.8) is 0 Å². The molecule has 0 fully saturated rings. The van der Waals surface area contributed by atoms with Crippen molar-refractivity contribution in [1.29, 1.82) is 0 Å². The van der Waals surface area contributed by atoms with Crippen LogP contribution in [0.4, 0.5) is 11.4 Å². The second-order valence-corrected chi connectivity index (χ2v) is 7.02. The molecule has 2 amide bonds. The van der Waals surface area contributed by atoms with Gasteiger partial charge in [0.05, 0.1) is 23.3 Å². The minimum absolute atomic E-state index is 0.245. The number of amides is 2. The number of halogens is 2. The number of carbonyl (C=O) groups is 3. The van der Waals surface area contributed by atoms with Crippen LogP contribution in [0.5, 0.6) is 0 Å². The summed E-state index contributed by atoms with van der Waals surface area (Å²) in [5.74, 6) is -1.18. The lowest BCUT2D eigenvalue weighted by atomic mass is 10.1. The van der Waals surface area contributed by atoms with E-state index in [2.05, 4.69) is 15.4 Å². The molecule has 0 atom stereocenters. The van der Waals surface area contributed by atoms with E-state index >= 15 is 0 Å². The Labute approximate surface area is 182 Å². The van der Waals surface area contributed by atoms with Crippen LogP contribution in [0, 0.1) is 0 Å². The lowest BCUT2D eigenvalue weighted by molar-refractivity contribution is 0.0600. The summed E-state index contributed by atoms with van der Waals surface area (Å²) in [7, 11) is 1.30. The van der Waals surface area contributed by atoms with Crippen LogP contribution in [0.15, 0.2) is 66.7 Å². The average Bonchev–Trinajstić information content (AvgIpc) is 2.74. The summed E-state index contributed by atoms with van der Waals surface area (Å²) >= 11 is 11.9. The first kappa shape index (κ1) is 21.4. The molecule has 0 saturated carbocycles. The fourth-order valence-electron chi connectivity index (χ4n) is 2.59. The van der Waals surface area contributed by atoms with Crippen LogP contribution in [0.2, 0.25) is 10.0 Å². The van der Waals surface area contributed by atoms with Gasteiger partial charge in [0.15, 0.2) is 0 Å². The van der Waals surface area contributed by atoms with Crippen LogP contribution >= 0.6 is 23.2 Å². The number of esters is 1. The Kier molecular flexibility index (Phi) is 6.72. The Hall–Kier alpha value is -3.35. The van der Waals surface area contributed by atoms with E-state index in [9.17, 15) is 14.4 Å². The number of hydrogen-bond donors (Lipinski definition) is 2. The summed E-state index contributed by atoms with van der Waals surface area (Å²) in [6.07, 6.45) is 0. The Bertz CT molecular complexity index is 1100. The molecule has 0 radical (unpaired) electrons. The normalized spacial score (nSPS) is 10.2. The smallest absolute Gasteiger partial charge is 0.337 e. The van der Waals surface area contributed by atoms with Gasteiger partial charge in [0, 0.05) is 22.0 Å². The van der Waals surface area contributed by atoms with Crippen molar-refractivity contribution in [1.82, 2.24) is 0 Å². The molecule has 0 aliphatic rings. The average molecular weight is 443 g/mol. The van der Waals surface area contributed by atoms with Gasteiger partial charge < -0.3 is 15.4 Å². The number of methoxy groups -OCH3 is 1. The third-order valence-electron chi connectivity index (χ3n) is 4.14. The van der Waals surface area contributed by atoms with Crippen molar-refractivity contribution in [3.05, 3.63) is 93.5 Å². The van der Waals surface area contributed by atoms with Gasteiger partial charge in [0.1, 0.15) is 0 Å². The molecular weight excluding hydrogens is 427 g/mol. The summed E-state index contributed by atoms with van der Waals surface area (Å²) < 4.78 is 4.64. The maximum absolute atomic E-state index is 12.4. The number of rotatable bonds is 5. The second kappa shape index (κ2) is 9.43. The monoisotopic (exact) mass is 442 g/mol. The quantitative estimate of drug-likeness (QED) is 0.526. The van der Waals surface area contributed by atoms with Crippen molar-refractivity contribution < 1.29 is 19.1 Å². The molecule has 0 heterocycles. The third kappa shape index (κ3) is 5.17. The number of anilines is 2. The number of ether oxygens (including phenoxy) is 1. The Morgan fingerprint density at radius 3 is 1.80 bits per heavy atom. The first-order chi connectivity index (χ1) is 14.4. The van der Waals surface area contributed by atoms with Crippen LogP contribution in [0.1, 0.15) is 31.1 Å².